The monoisotopic (exact) mass is 399 g/mol. The number of aryl methyl sites for hydroxylation is 1. The van der Waals surface area contributed by atoms with E-state index in [0.717, 1.165) is 17.7 Å². The molecule has 2 amide bonds. The van der Waals surface area contributed by atoms with Gasteiger partial charge < -0.3 is 15.4 Å². The zero-order valence-electron chi connectivity index (χ0n) is 16.3. The van der Waals surface area contributed by atoms with Crippen LogP contribution in [0, 0.1) is 17.0 Å². The second-order valence-electron chi connectivity index (χ2n) is 6.13. The highest BCUT2D eigenvalue weighted by molar-refractivity contribution is 6.07. The Morgan fingerprint density at radius 3 is 2.34 bits per heavy atom. The summed E-state index contributed by atoms with van der Waals surface area (Å²) in [6.45, 7) is 5.18. The zero-order chi connectivity index (χ0) is 21.6. The van der Waals surface area contributed by atoms with Gasteiger partial charge in [-0.3, -0.25) is 19.7 Å². The van der Waals surface area contributed by atoms with Crippen LogP contribution in [0.25, 0.3) is 0 Å². The van der Waals surface area contributed by atoms with E-state index in [-0.39, 0.29) is 23.6 Å². The van der Waals surface area contributed by atoms with Gasteiger partial charge in [0, 0.05) is 35.5 Å². The average molecular weight is 399 g/mol. The van der Waals surface area contributed by atoms with Crippen LogP contribution < -0.4 is 10.6 Å². The molecule has 2 aromatic rings. The van der Waals surface area contributed by atoms with Crippen molar-refractivity contribution in [3.63, 3.8) is 0 Å². The number of benzene rings is 2. The maximum Gasteiger partial charge on any atom is 0.338 e. The first kappa shape index (κ1) is 21.5. The number of nitro benzene ring substituents is 1. The predicted octanol–water partition coefficient (Wildman–Crippen LogP) is 3.68. The number of nitrogens with one attached hydrogen (secondary N) is 2. The fourth-order valence-electron chi connectivity index (χ4n) is 2.46. The number of nitro groups is 1. The topological polar surface area (TPSA) is 128 Å². The summed E-state index contributed by atoms with van der Waals surface area (Å²) in [5, 5.41) is 16.5. The van der Waals surface area contributed by atoms with Crippen molar-refractivity contribution in [3.05, 3.63) is 63.2 Å². The second-order valence-corrected chi connectivity index (χ2v) is 6.13. The first-order valence-corrected chi connectivity index (χ1v) is 8.93. The fraction of sp³-hybridized carbons (Fsp3) is 0.250. The number of rotatable bonds is 7. The number of hydrogen-bond acceptors (Lipinski definition) is 6. The molecule has 9 nitrogen and oxygen atoms in total. The molecular weight excluding hydrogens is 378 g/mol. The minimum absolute atomic E-state index is 0.0651. The largest absolute Gasteiger partial charge is 0.462 e. The normalized spacial score (nSPS) is 10.2. The van der Waals surface area contributed by atoms with Crippen molar-refractivity contribution in [1.82, 2.24) is 0 Å². The maximum absolute atomic E-state index is 12.7. The fourth-order valence-corrected chi connectivity index (χ4v) is 2.46. The smallest absolute Gasteiger partial charge is 0.338 e. The van der Waals surface area contributed by atoms with Gasteiger partial charge in [0.1, 0.15) is 0 Å². The number of carbonyl (C=O) groups is 3. The molecule has 9 heteroatoms. The van der Waals surface area contributed by atoms with Gasteiger partial charge in [0.2, 0.25) is 5.91 Å². The van der Waals surface area contributed by atoms with Crippen LogP contribution in [-0.2, 0) is 9.53 Å². The minimum atomic E-state index is -0.759. The molecule has 0 heterocycles. The third-order valence-electron chi connectivity index (χ3n) is 3.99. The molecule has 2 rings (SSSR count). The number of esters is 1. The van der Waals surface area contributed by atoms with Crippen molar-refractivity contribution in [3.8, 4) is 0 Å². The Kier molecular flexibility index (Phi) is 7.02. The van der Waals surface area contributed by atoms with Crippen LogP contribution in [0.2, 0.25) is 0 Å². The molecule has 2 N–H and O–H groups in total. The Hall–Kier alpha value is -3.75. The van der Waals surface area contributed by atoms with Gasteiger partial charge in [-0.15, -0.1) is 0 Å². The Morgan fingerprint density at radius 2 is 1.72 bits per heavy atom. The summed E-state index contributed by atoms with van der Waals surface area (Å²) in [7, 11) is 0. The van der Waals surface area contributed by atoms with Gasteiger partial charge in [-0.1, -0.05) is 13.0 Å². The van der Waals surface area contributed by atoms with E-state index in [4.69, 9.17) is 4.74 Å². The lowest BCUT2D eigenvalue weighted by molar-refractivity contribution is -0.384. The number of non-ortho nitro benzene ring substituents is 1. The van der Waals surface area contributed by atoms with Crippen LogP contribution in [0.15, 0.2) is 36.4 Å². The predicted molar refractivity (Wildman–Crippen MR) is 107 cm³/mol. The van der Waals surface area contributed by atoms with Gasteiger partial charge in [0.15, 0.2) is 0 Å². The Morgan fingerprint density at radius 1 is 1.03 bits per heavy atom. The van der Waals surface area contributed by atoms with Gasteiger partial charge in [-0.05, 0) is 37.6 Å². The third-order valence-corrected chi connectivity index (χ3v) is 3.99. The quantitative estimate of drug-likeness (QED) is 0.415. The molecule has 0 aromatic heterocycles. The molecule has 0 bridgehead atoms. The average Bonchev–Trinajstić information content (AvgIpc) is 2.70. The molecule has 29 heavy (non-hydrogen) atoms. The van der Waals surface area contributed by atoms with Crippen LogP contribution in [-0.4, -0.2) is 29.3 Å². The molecule has 2 aromatic carbocycles. The van der Waals surface area contributed by atoms with E-state index in [1.54, 1.807) is 39.0 Å². The Labute approximate surface area is 167 Å². The Balaban J connectivity index is 2.35. The van der Waals surface area contributed by atoms with Gasteiger partial charge in [0.05, 0.1) is 17.1 Å². The third kappa shape index (κ3) is 5.61. The highest BCUT2D eigenvalue weighted by Crippen LogP contribution is 2.23. The summed E-state index contributed by atoms with van der Waals surface area (Å²) in [5.74, 6) is -1.57. The number of nitrogens with zero attached hydrogens (tertiary/aromatic N) is 1. The van der Waals surface area contributed by atoms with E-state index in [1.807, 2.05) is 0 Å². The van der Waals surface area contributed by atoms with Crippen LogP contribution in [0.4, 0.5) is 17.1 Å². The summed E-state index contributed by atoms with van der Waals surface area (Å²) in [6.07, 6.45) is 0.305. The van der Waals surface area contributed by atoms with Crippen LogP contribution in [0.3, 0.4) is 0 Å². The highest BCUT2D eigenvalue weighted by atomic mass is 16.6. The first-order valence-electron chi connectivity index (χ1n) is 8.93. The van der Waals surface area contributed by atoms with Crippen molar-refractivity contribution >= 4 is 34.8 Å². The lowest BCUT2D eigenvalue weighted by Crippen LogP contribution is -2.15. The van der Waals surface area contributed by atoms with E-state index in [2.05, 4.69) is 10.6 Å². The van der Waals surface area contributed by atoms with Crippen LogP contribution in [0.5, 0.6) is 0 Å². The van der Waals surface area contributed by atoms with Gasteiger partial charge in [-0.2, -0.15) is 0 Å². The second kappa shape index (κ2) is 9.45. The lowest BCUT2D eigenvalue weighted by atomic mass is 10.1. The van der Waals surface area contributed by atoms with E-state index in [0.29, 0.717) is 17.8 Å². The van der Waals surface area contributed by atoms with Crippen molar-refractivity contribution < 1.29 is 24.0 Å². The molecule has 0 unspecified atom stereocenters. The summed E-state index contributed by atoms with van der Waals surface area (Å²) >= 11 is 0. The Bertz CT molecular complexity index is 971. The zero-order valence-corrected chi connectivity index (χ0v) is 16.3. The van der Waals surface area contributed by atoms with Crippen molar-refractivity contribution in [1.29, 1.82) is 0 Å². The van der Waals surface area contributed by atoms with Crippen molar-refractivity contribution in [2.24, 2.45) is 0 Å². The maximum atomic E-state index is 12.7. The van der Waals surface area contributed by atoms with Crippen LogP contribution in [0.1, 0.15) is 46.5 Å². The van der Waals surface area contributed by atoms with Crippen molar-refractivity contribution in [2.45, 2.75) is 27.2 Å². The molecule has 0 spiro atoms. The number of anilines is 2. The molecule has 0 saturated carbocycles. The molecule has 0 fully saturated rings. The molecule has 0 radical (unpaired) electrons. The number of ether oxygens (including phenoxy) is 1. The molecule has 0 aliphatic heterocycles. The van der Waals surface area contributed by atoms with Crippen LogP contribution >= 0.6 is 0 Å². The van der Waals surface area contributed by atoms with Crippen molar-refractivity contribution in [2.75, 3.05) is 17.2 Å². The summed E-state index contributed by atoms with van der Waals surface area (Å²) in [4.78, 5) is 46.7. The minimum Gasteiger partial charge on any atom is -0.462 e. The summed E-state index contributed by atoms with van der Waals surface area (Å²) in [6, 6.07) is 8.38. The molecule has 152 valence electrons. The van der Waals surface area contributed by atoms with Gasteiger partial charge in [-0.25, -0.2) is 4.79 Å². The molecule has 0 atom stereocenters. The molecule has 0 aliphatic carbocycles. The summed E-state index contributed by atoms with van der Waals surface area (Å²) in [5.41, 5.74) is 1.10. The van der Waals surface area contributed by atoms with Gasteiger partial charge >= 0.3 is 5.97 Å². The number of hydrogen-bond donors (Lipinski definition) is 2. The number of amides is 2. The van der Waals surface area contributed by atoms with E-state index < -0.39 is 22.5 Å². The van der Waals surface area contributed by atoms with E-state index in [1.165, 1.54) is 6.07 Å². The standard InChI is InChI=1S/C20H21N3O6/c1-4-18(24)21-15-7-6-12(3)17(11-15)22-19(25)13-8-14(20(26)29-5-2)10-16(9-13)23(27)28/h6-11H,4-5H2,1-3H3,(H,21,24)(H,22,25). The van der Waals surface area contributed by atoms with Gasteiger partial charge in [0.25, 0.3) is 11.6 Å². The lowest BCUT2D eigenvalue weighted by Gasteiger charge is -2.12. The highest BCUT2D eigenvalue weighted by Gasteiger charge is 2.19. The molecular formula is C20H21N3O6. The molecule has 0 aliphatic rings. The molecule has 0 saturated heterocycles. The van der Waals surface area contributed by atoms with E-state index >= 15 is 0 Å². The van der Waals surface area contributed by atoms with E-state index in [9.17, 15) is 24.5 Å². The first-order chi connectivity index (χ1) is 13.7. The summed E-state index contributed by atoms with van der Waals surface area (Å²) < 4.78 is 4.86. The SMILES string of the molecule is CCOC(=O)c1cc(C(=O)Nc2cc(NC(=O)CC)ccc2C)cc([N+](=O)[O-])c1. The number of carbonyl (C=O) groups excluding carboxylic acids is 3.